The summed E-state index contributed by atoms with van der Waals surface area (Å²) in [6.07, 6.45) is 0. The fourth-order valence-electron chi connectivity index (χ4n) is 20.4. The number of hydrogen-bond acceptors (Lipinski definition) is 6. The SMILES string of the molecule is Cc1ccc2[se]c3ccc(C)cc3c2c1.Cc1ccc2c(c1)-c1cc(C)ccc1P2(C)=O.Cc1ccc2c(c1)P(C)(=O)c1cc(C)ccc1-2.Cc1ccc2c(c1)[se]c1cc(C)ccc12.Cc1ccc2c(c1)sc1cc(C)ccc12.Cc1ccc2sc3ccc(C)cc3c2c1.Cc1cccc2c1P(C)(=O)c1c(C)cccc1-2.Cc1cccc2c1[se]c1c(C)cccc12.Cc1cccc2c1sc1c(C)cccc12. The first-order valence-electron chi connectivity index (χ1n) is 48.3. The fraction of sp³-hybridized carbons (Fsp3) is 0.163. The van der Waals surface area contributed by atoms with Gasteiger partial charge in [-0.15, -0.1) is 34.0 Å². The number of rotatable bonds is 0. The monoisotopic (exact) mass is 2140 g/mol. The third kappa shape index (κ3) is 19.7. The molecule has 3 nitrogen and oxygen atoms in total. The van der Waals surface area contributed by atoms with Crippen LogP contribution in [-0.4, -0.2) is 63.5 Å². The zero-order valence-corrected chi connectivity index (χ0v) is 94.5. The maximum absolute atomic E-state index is 13.1. The minimum atomic E-state index is -2.40. The van der Waals surface area contributed by atoms with Gasteiger partial charge in [0.15, 0.2) is 0 Å². The standard InChI is InChI=1S/3C15H15OP.3C14H12S.3C14H12Se/c1-10-4-6-14-12(8-10)13-9-11(2)5-7-15(13)17(14,3)16;1-10-4-6-12-13-7-5-11(2)9-15(13)17(3,16)14(12)8-10;1-10-6-4-8-12-13-9-5-7-11(2)15(13)17(3,16)14(10)12;1-9-3-5-13-11(7-9)12-8-10(2)4-6-14(12)15-13;1-9-3-5-11-12-6-4-10(2)8-14(12)15-13(11)7-9;1-9-5-3-7-11-12-8-4-6-10(2)14(12)15-13(9)11;1-9-3-5-13-11(7-9)12-8-10(2)4-6-14(12)15-13;1-9-3-5-11-12-6-4-10(2)8-14(12)15-13(11)7-9;1-9-5-3-7-11-12-8-4-6-10(2)14(12)15-13(9)11/h3*4-9H,1-3H3;6*3-8H,1-2H3. The van der Waals surface area contributed by atoms with Crippen molar-refractivity contribution in [3.8, 4) is 33.4 Å². The van der Waals surface area contributed by atoms with Gasteiger partial charge in [-0.3, -0.25) is 0 Å². The number of aryl methyl sites for hydroxylation is 18. The van der Waals surface area contributed by atoms with Gasteiger partial charge in [0, 0.05) is 92.3 Å². The molecule has 141 heavy (non-hydrogen) atoms. The first kappa shape index (κ1) is 98.6. The Labute approximate surface area is 860 Å². The van der Waals surface area contributed by atoms with Crippen molar-refractivity contribution >= 4 is 249 Å². The quantitative estimate of drug-likeness (QED) is 0.112. The third-order valence-electron chi connectivity index (χ3n) is 27.6. The van der Waals surface area contributed by atoms with Gasteiger partial charge in [-0.05, 0) is 218 Å². The average Bonchev–Trinajstić information content (AvgIpc) is 1.58. The second-order valence-corrected chi connectivity index (χ2v) is 57.5. The fourth-order valence-corrected chi connectivity index (χ4v) is 39.3. The molecule has 3 aliphatic rings. The largest absolute Gasteiger partial charge is 0.135 e. The molecule has 3 aliphatic heterocycles. The van der Waals surface area contributed by atoms with Crippen molar-refractivity contribution in [2.24, 2.45) is 0 Å². The van der Waals surface area contributed by atoms with Crippen LogP contribution in [0.2, 0.25) is 0 Å². The van der Waals surface area contributed by atoms with Crippen molar-refractivity contribution in [2.45, 2.75) is 125 Å². The third-order valence-corrected chi connectivity index (χ3v) is 47.4. The Morgan fingerprint density at radius 1 is 0.184 bits per heavy atom. The predicted molar refractivity (Wildman–Crippen MR) is 632 cm³/mol. The smallest absolute Gasteiger partial charge is 0.0384 e. The van der Waals surface area contributed by atoms with E-state index in [0.717, 1.165) is 76.3 Å². The van der Waals surface area contributed by atoms with E-state index < -0.39 is 21.4 Å². The van der Waals surface area contributed by atoms with E-state index in [1.54, 1.807) is 17.0 Å². The summed E-state index contributed by atoms with van der Waals surface area (Å²) in [6, 6.07) is 118. The average molecular weight is 2140 g/mol. The number of thiophene rings is 3. The summed E-state index contributed by atoms with van der Waals surface area (Å²) in [6.45, 7) is 44.1. The van der Waals surface area contributed by atoms with E-state index in [4.69, 9.17) is 0 Å². The summed E-state index contributed by atoms with van der Waals surface area (Å²) in [4.78, 5) is 0. The van der Waals surface area contributed by atoms with Gasteiger partial charge in [-0.1, -0.05) is 203 Å². The summed E-state index contributed by atoms with van der Waals surface area (Å²) in [7, 11) is -7.14. The summed E-state index contributed by atoms with van der Waals surface area (Å²) < 4.78 is 56.7. The first-order chi connectivity index (χ1) is 67.5. The molecule has 0 spiro atoms. The second kappa shape index (κ2) is 40.2. The van der Waals surface area contributed by atoms with E-state index in [-0.39, 0.29) is 0 Å². The summed E-state index contributed by atoms with van der Waals surface area (Å²) in [5.41, 5.74) is 30.5. The molecule has 24 aromatic rings. The van der Waals surface area contributed by atoms with Crippen molar-refractivity contribution in [2.75, 3.05) is 20.0 Å². The molecule has 18 aromatic carbocycles. The Morgan fingerprint density at radius 2 is 0.489 bits per heavy atom. The molecule has 0 radical (unpaired) electrons. The maximum atomic E-state index is 13.1. The van der Waals surface area contributed by atoms with Crippen LogP contribution in [0.25, 0.3) is 152 Å². The van der Waals surface area contributed by atoms with Crippen LogP contribution >= 0.6 is 55.4 Å². The number of fused-ring (bicyclic) bond motifs is 27. The Kier molecular flexibility index (Phi) is 28.1. The Morgan fingerprint density at radius 3 is 0.915 bits per heavy atom. The van der Waals surface area contributed by atoms with Gasteiger partial charge in [-0.2, -0.15) is 0 Å². The van der Waals surface area contributed by atoms with Crippen molar-refractivity contribution in [1.82, 2.24) is 0 Å². The van der Waals surface area contributed by atoms with Gasteiger partial charge in [0.05, 0.1) is 0 Å². The number of hydrogen-bond donors (Lipinski definition) is 0. The summed E-state index contributed by atoms with van der Waals surface area (Å²) in [5.74, 6) is 0. The van der Waals surface area contributed by atoms with Crippen LogP contribution < -0.4 is 31.8 Å². The summed E-state index contributed by atoms with van der Waals surface area (Å²) in [5, 5.41) is 23.4. The van der Waals surface area contributed by atoms with Gasteiger partial charge >= 0.3 is 286 Å². The van der Waals surface area contributed by atoms with E-state index in [9.17, 15) is 13.7 Å². The molecule has 27 rings (SSSR count). The normalized spacial score (nSPS) is 12.8. The Balaban J connectivity index is 0.000000101. The maximum Gasteiger partial charge on any atom is 0.0384 e. The van der Waals surface area contributed by atoms with E-state index in [1.165, 1.54) is 190 Å². The van der Waals surface area contributed by atoms with Crippen LogP contribution in [0, 0.1) is 125 Å². The molecule has 0 amide bonds. The molecule has 0 N–H and O–H groups in total. The molecule has 702 valence electrons. The number of benzene rings is 18. The van der Waals surface area contributed by atoms with E-state index in [0.29, 0.717) is 43.5 Å². The van der Waals surface area contributed by atoms with Crippen molar-refractivity contribution < 1.29 is 13.7 Å². The zero-order valence-electron chi connectivity index (χ0n) is 84.2. The van der Waals surface area contributed by atoms with Gasteiger partial charge < -0.3 is 13.7 Å². The molecule has 0 unspecified atom stereocenters. The van der Waals surface area contributed by atoms with Crippen LogP contribution in [-0.2, 0) is 13.7 Å². The van der Waals surface area contributed by atoms with Crippen molar-refractivity contribution in [1.29, 1.82) is 0 Å². The Bertz CT molecular complexity index is 8420. The second-order valence-electron chi connectivity index (χ2n) is 39.2. The molecular weight excluding hydrogens is 2020 g/mol. The van der Waals surface area contributed by atoms with Crippen LogP contribution in [0.3, 0.4) is 0 Å². The van der Waals surface area contributed by atoms with E-state index in [1.807, 2.05) is 90.4 Å². The van der Waals surface area contributed by atoms with Gasteiger partial charge in [-0.25, -0.2) is 0 Å². The van der Waals surface area contributed by atoms with Gasteiger partial charge in [0.1, 0.15) is 21.4 Å². The molecule has 0 saturated heterocycles. The molecule has 0 aliphatic carbocycles. The van der Waals surface area contributed by atoms with E-state index >= 15 is 0 Å². The molecule has 0 saturated carbocycles. The predicted octanol–water partition coefficient (Wildman–Crippen LogP) is 34.7. The van der Waals surface area contributed by atoms with E-state index in [2.05, 4.69) is 416 Å². The first-order valence-corrected chi connectivity index (χ1v) is 62.3. The van der Waals surface area contributed by atoms with Gasteiger partial charge in [0.25, 0.3) is 0 Å². The van der Waals surface area contributed by atoms with Crippen molar-refractivity contribution in [3.05, 3.63) is 428 Å². The molecule has 0 bridgehead atoms. The van der Waals surface area contributed by atoms with Crippen molar-refractivity contribution in [3.63, 3.8) is 0 Å². The van der Waals surface area contributed by atoms with Gasteiger partial charge in [0.2, 0.25) is 0 Å². The minimum Gasteiger partial charge on any atom is -0.135 e. The molecule has 0 fully saturated rings. The topological polar surface area (TPSA) is 51.2 Å². The molecule has 6 aromatic heterocycles. The summed E-state index contributed by atoms with van der Waals surface area (Å²) >= 11 is 7.24. The molecule has 12 heteroatoms. The Hall–Kier alpha value is -11.1. The molecule has 9 heterocycles. The van der Waals surface area contributed by atoms with Crippen LogP contribution in [0.15, 0.2) is 328 Å². The molecule has 0 atom stereocenters. The zero-order chi connectivity index (χ0) is 99.1. The van der Waals surface area contributed by atoms with Crippen LogP contribution in [0.5, 0.6) is 0 Å². The molecular formula is C129H117O3P3S3Se3. The van der Waals surface area contributed by atoms with Crippen LogP contribution in [0.1, 0.15) is 100 Å². The minimum absolute atomic E-state index is 0.515. The van der Waals surface area contributed by atoms with Crippen LogP contribution in [0.4, 0.5) is 0 Å².